The second-order valence-electron chi connectivity index (χ2n) is 8.15. The Kier molecular flexibility index (Phi) is 6.01. The van der Waals surface area contributed by atoms with E-state index in [0.717, 1.165) is 11.3 Å². The second-order valence-corrected chi connectivity index (χ2v) is 8.15. The lowest BCUT2D eigenvalue weighted by Gasteiger charge is -2.32. The maximum atomic E-state index is 14.1. The van der Waals surface area contributed by atoms with Gasteiger partial charge in [0.15, 0.2) is 5.41 Å². The van der Waals surface area contributed by atoms with Crippen molar-refractivity contribution in [1.29, 1.82) is 0 Å². The molecule has 2 aromatic carbocycles. The monoisotopic (exact) mass is 443 g/mol. The molecule has 0 saturated carbocycles. The predicted octanol–water partition coefficient (Wildman–Crippen LogP) is 3.90. The Morgan fingerprint density at radius 3 is 2.50 bits per heavy atom. The van der Waals surface area contributed by atoms with Gasteiger partial charge in [-0.15, -0.1) is 0 Å². The molecule has 0 bridgehead atoms. The van der Waals surface area contributed by atoms with Gasteiger partial charge in [0.05, 0.1) is 11.7 Å². The zero-order valence-electron chi connectivity index (χ0n) is 17.6. The van der Waals surface area contributed by atoms with E-state index in [1.165, 1.54) is 6.33 Å². The Labute approximate surface area is 184 Å². The van der Waals surface area contributed by atoms with E-state index in [4.69, 9.17) is 0 Å². The van der Waals surface area contributed by atoms with Crippen LogP contribution in [0.1, 0.15) is 30.5 Å². The molecule has 32 heavy (non-hydrogen) atoms. The molecular weight excluding hydrogens is 419 g/mol. The predicted molar refractivity (Wildman–Crippen MR) is 113 cm³/mol. The minimum absolute atomic E-state index is 0.211. The molecular formula is C23H24F3N5O. The lowest BCUT2D eigenvalue weighted by atomic mass is 9.84. The highest BCUT2D eigenvalue weighted by molar-refractivity contribution is 5.84. The highest BCUT2D eigenvalue weighted by Crippen LogP contribution is 2.46. The van der Waals surface area contributed by atoms with Crippen LogP contribution in [-0.2, 0) is 11.3 Å². The SMILES string of the molecule is CC(NC(=O)C1(C(F)(F)F)CCN(Cc2ccccc2)C1)c1ccc(-n2cncn2)cc1. The van der Waals surface area contributed by atoms with Crippen molar-refractivity contribution in [2.45, 2.75) is 32.1 Å². The quantitative estimate of drug-likeness (QED) is 0.628. The third kappa shape index (κ3) is 4.38. The highest BCUT2D eigenvalue weighted by Gasteiger charge is 2.63. The Bertz CT molecular complexity index is 1040. The number of aromatic nitrogens is 3. The maximum Gasteiger partial charge on any atom is 0.404 e. The lowest BCUT2D eigenvalue weighted by Crippen LogP contribution is -2.52. The van der Waals surface area contributed by atoms with Crippen molar-refractivity contribution in [2.24, 2.45) is 5.41 Å². The summed E-state index contributed by atoms with van der Waals surface area (Å²) in [7, 11) is 0. The summed E-state index contributed by atoms with van der Waals surface area (Å²) in [6.45, 7) is 1.92. The molecule has 6 nitrogen and oxygen atoms in total. The van der Waals surface area contributed by atoms with Crippen molar-refractivity contribution < 1.29 is 18.0 Å². The third-order valence-electron chi connectivity index (χ3n) is 6.00. The Morgan fingerprint density at radius 2 is 1.88 bits per heavy atom. The molecule has 168 valence electrons. The van der Waals surface area contributed by atoms with Crippen LogP contribution < -0.4 is 5.32 Å². The number of amides is 1. The van der Waals surface area contributed by atoms with E-state index in [1.54, 1.807) is 47.1 Å². The van der Waals surface area contributed by atoms with Gasteiger partial charge in [-0.25, -0.2) is 9.67 Å². The standard InChI is InChI=1S/C23H24F3N5O/c1-17(19-7-9-20(10-8-19)31-16-27-15-28-31)29-21(32)22(23(24,25)26)11-12-30(14-22)13-18-5-3-2-4-6-18/h2-10,15-17H,11-14H2,1H3,(H,29,32). The number of carbonyl (C=O) groups is 1. The van der Waals surface area contributed by atoms with E-state index in [9.17, 15) is 18.0 Å². The van der Waals surface area contributed by atoms with Gasteiger partial charge in [0, 0.05) is 13.1 Å². The third-order valence-corrected chi connectivity index (χ3v) is 6.00. The molecule has 2 atom stereocenters. The van der Waals surface area contributed by atoms with Crippen molar-refractivity contribution in [2.75, 3.05) is 13.1 Å². The van der Waals surface area contributed by atoms with Crippen LogP contribution in [0.4, 0.5) is 13.2 Å². The van der Waals surface area contributed by atoms with Crippen LogP contribution in [0.2, 0.25) is 0 Å². The van der Waals surface area contributed by atoms with Crippen LogP contribution in [0.15, 0.2) is 67.3 Å². The molecule has 2 unspecified atom stereocenters. The smallest absolute Gasteiger partial charge is 0.349 e. The van der Waals surface area contributed by atoms with Crippen molar-refractivity contribution in [3.8, 4) is 5.69 Å². The second kappa shape index (κ2) is 8.74. The summed E-state index contributed by atoms with van der Waals surface area (Å²) in [6.07, 6.45) is -1.93. The number of carbonyl (C=O) groups excluding carboxylic acids is 1. The van der Waals surface area contributed by atoms with Crippen molar-refractivity contribution >= 4 is 5.91 Å². The van der Waals surface area contributed by atoms with Crippen LogP contribution in [0.5, 0.6) is 0 Å². The number of halogens is 3. The van der Waals surface area contributed by atoms with E-state index >= 15 is 0 Å². The number of nitrogens with zero attached hydrogens (tertiary/aromatic N) is 4. The van der Waals surface area contributed by atoms with Crippen LogP contribution in [0.3, 0.4) is 0 Å². The molecule has 9 heteroatoms. The number of likely N-dealkylation sites (tertiary alicyclic amines) is 1. The summed E-state index contributed by atoms with van der Waals surface area (Å²) in [5, 5.41) is 6.64. The summed E-state index contributed by atoms with van der Waals surface area (Å²) in [5.41, 5.74) is -0.0224. The average molecular weight is 443 g/mol. The largest absolute Gasteiger partial charge is 0.404 e. The van der Waals surface area contributed by atoms with E-state index in [2.05, 4.69) is 15.4 Å². The van der Waals surface area contributed by atoms with Crippen molar-refractivity contribution in [1.82, 2.24) is 25.0 Å². The molecule has 1 saturated heterocycles. The van der Waals surface area contributed by atoms with Gasteiger partial charge in [0.1, 0.15) is 12.7 Å². The van der Waals surface area contributed by atoms with Gasteiger partial charge in [-0.1, -0.05) is 42.5 Å². The number of hydrogen-bond acceptors (Lipinski definition) is 4. The van der Waals surface area contributed by atoms with Gasteiger partial charge in [-0.3, -0.25) is 9.69 Å². The first kappa shape index (κ1) is 22.0. The van der Waals surface area contributed by atoms with E-state index in [1.807, 2.05) is 30.3 Å². The number of benzene rings is 2. The first-order valence-electron chi connectivity index (χ1n) is 10.4. The van der Waals surface area contributed by atoms with E-state index in [-0.39, 0.29) is 19.5 Å². The number of hydrogen-bond donors (Lipinski definition) is 1. The van der Waals surface area contributed by atoms with Gasteiger partial charge >= 0.3 is 6.18 Å². The van der Waals surface area contributed by atoms with E-state index in [0.29, 0.717) is 12.1 Å². The fraction of sp³-hybridized carbons (Fsp3) is 0.348. The zero-order valence-corrected chi connectivity index (χ0v) is 17.6. The molecule has 1 aromatic heterocycles. The maximum absolute atomic E-state index is 14.1. The Balaban J connectivity index is 1.46. The molecule has 0 spiro atoms. The van der Waals surface area contributed by atoms with Gasteiger partial charge in [-0.05, 0) is 43.1 Å². The highest BCUT2D eigenvalue weighted by atomic mass is 19.4. The summed E-state index contributed by atoms with van der Waals surface area (Å²) in [6, 6.07) is 15.8. The van der Waals surface area contributed by atoms with Crippen LogP contribution in [0, 0.1) is 5.41 Å². The molecule has 0 aliphatic carbocycles. The zero-order chi connectivity index (χ0) is 22.8. The summed E-state index contributed by atoms with van der Waals surface area (Å²) in [5.74, 6) is -0.978. The topological polar surface area (TPSA) is 63.1 Å². The van der Waals surface area contributed by atoms with Crippen molar-refractivity contribution in [3.63, 3.8) is 0 Å². The molecule has 3 aromatic rings. The average Bonchev–Trinajstić information content (AvgIpc) is 3.45. The molecule has 1 N–H and O–H groups in total. The molecule has 1 fully saturated rings. The fourth-order valence-electron chi connectivity index (χ4n) is 4.09. The number of alkyl halides is 3. The molecule has 0 radical (unpaired) electrons. The Hall–Kier alpha value is -3.20. The first-order valence-corrected chi connectivity index (χ1v) is 10.4. The van der Waals surface area contributed by atoms with Gasteiger partial charge in [-0.2, -0.15) is 18.3 Å². The number of nitrogens with one attached hydrogen (secondary N) is 1. The van der Waals surface area contributed by atoms with Gasteiger partial charge < -0.3 is 5.32 Å². The minimum Gasteiger partial charge on any atom is -0.349 e. The number of rotatable bonds is 6. The molecule has 2 heterocycles. The normalized spacial score (nSPS) is 20.2. The molecule has 1 amide bonds. The van der Waals surface area contributed by atoms with Gasteiger partial charge in [0.25, 0.3) is 0 Å². The van der Waals surface area contributed by atoms with E-state index < -0.39 is 23.5 Å². The van der Waals surface area contributed by atoms with Gasteiger partial charge in [0.2, 0.25) is 5.91 Å². The molecule has 1 aliphatic heterocycles. The first-order chi connectivity index (χ1) is 15.3. The summed E-state index contributed by atoms with van der Waals surface area (Å²) >= 11 is 0. The minimum atomic E-state index is -4.64. The summed E-state index contributed by atoms with van der Waals surface area (Å²) < 4.78 is 44.0. The van der Waals surface area contributed by atoms with Crippen molar-refractivity contribution in [3.05, 3.63) is 78.4 Å². The van der Waals surface area contributed by atoms with Crippen LogP contribution in [0.25, 0.3) is 5.69 Å². The fourth-order valence-corrected chi connectivity index (χ4v) is 4.09. The molecule has 4 rings (SSSR count). The molecule has 1 aliphatic rings. The van der Waals surface area contributed by atoms with Crippen LogP contribution >= 0.6 is 0 Å². The summed E-state index contributed by atoms with van der Waals surface area (Å²) in [4.78, 5) is 18.6. The van der Waals surface area contributed by atoms with Crippen LogP contribution in [-0.4, -0.2) is 44.8 Å². The Morgan fingerprint density at radius 1 is 1.16 bits per heavy atom. The lowest BCUT2D eigenvalue weighted by molar-refractivity contribution is -0.218.